The van der Waals surface area contributed by atoms with Gasteiger partial charge in [0.25, 0.3) is 0 Å². The highest BCUT2D eigenvalue weighted by atomic mass is 32.1. The molecule has 34 heavy (non-hydrogen) atoms. The lowest BCUT2D eigenvalue weighted by atomic mass is 10.0. The van der Waals surface area contributed by atoms with Crippen LogP contribution in [0, 0.1) is 5.82 Å². The number of aromatic nitrogens is 2. The third kappa shape index (κ3) is 4.90. The lowest BCUT2D eigenvalue weighted by molar-refractivity contribution is -0.125. The highest BCUT2D eigenvalue weighted by Crippen LogP contribution is 2.30. The fourth-order valence-corrected chi connectivity index (χ4v) is 4.60. The topological polar surface area (TPSA) is 88.1 Å². The van der Waals surface area contributed by atoms with Gasteiger partial charge < -0.3 is 10.6 Å². The van der Waals surface area contributed by atoms with Crippen LogP contribution in [-0.2, 0) is 16.0 Å². The standard InChI is InChI=1S/C25H22FN5O2S/c26-18-10-8-16(9-11-18)13-23(32)28-22-14-20(21-7-4-12-34-21)30-31(22)25-27-19(15-24(33)29-25)17-5-2-1-3-6-17/h1-12,14,19,25,27H,13,15H2,(H,28,32)(H,29,33). The zero-order valence-electron chi connectivity index (χ0n) is 18.1. The Morgan fingerprint density at radius 3 is 2.65 bits per heavy atom. The van der Waals surface area contributed by atoms with Crippen LogP contribution < -0.4 is 16.0 Å². The molecule has 1 saturated heterocycles. The van der Waals surface area contributed by atoms with E-state index in [9.17, 15) is 14.0 Å². The van der Waals surface area contributed by atoms with Gasteiger partial charge in [-0.2, -0.15) is 5.10 Å². The summed E-state index contributed by atoms with van der Waals surface area (Å²) in [6, 6.07) is 21.0. The van der Waals surface area contributed by atoms with E-state index in [1.807, 2.05) is 47.8 Å². The number of hydrogen-bond acceptors (Lipinski definition) is 5. The van der Waals surface area contributed by atoms with Crippen LogP contribution in [0.25, 0.3) is 10.6 Å². The molecule has 0 saturated carbocycles. The maximum Gasteiger partial charge on any atom is 0.229 e. The summed E-state index contributed by atoms with van der Waals surface area (Å²) in [5.41, 5.74) is 2.37. The van der Waals surface area contributed by atoms with Gasteiger partial charge in [-0.3, -0.25) is 14.9 Å². The molecule has 172 valence electrons. The van der Waals surface area contributed by atoms with Gasteiger partial charge in [-0.1, -0.05) is 48.5 Å². The van der Waals surface area contributed by atoms with E-state index >= 15 is 0 Å². The molecule has 2 amide bonds. The number of carbonyl (C=O) groups excluding carboxylic acids is 2. The number of halogens is 1. The first-order chi connectivity index (χ1) is 16.5. The van der Waals surface area contributed by atoms with E-state index < -0.39 is 6.29 Å². The molecule has 2 unspecified atom stereocenters. The van der Waals surface area contributed by atoms with Crippen LogP contribution in [0.4, 0.5) is 10.2 Å². The van der Waals surface area contributed by atoms with Crippen LogP contribution >= 0.6 is 11.3 Å². The fourth-order valence-electron chi connectivity index (χ4n) is 3.92. The Labute approximate surface area is 199 Å². The van der Waals surface area contributed by atoms with Crippen molar-refractivity contribution in [1.82, 2.24) is 20.4 Å². The molecule has 0 spiro atoms. The summed E-state index contributed by atoms with van der Waals surface area (Å²) in [4.78, 5) is 26.3. The predicted octanol–water partition coefficient (Wildman–Crippen LogP) is 4.24. The number of rotatable bonds is 6. The zero-order chi connectivity index (χ0) is 23.5. The molecule has 0 radical (unpaired) electrons. The first kappa shape index (κ1) is 22.0. The van der Waals surface area contributed by atoms with Crippen LogP contribution in [0.2, 0.25) is 0 Å². The predicted molar refractivity (Wildman–Crippen MR) is 128 cm³/mol. The summed E-state index contributed by atoms with van der Waals surface area (Å²) in [6.45, 7) is 0. The third-order valence-electron chi connectivity index (χ3n) is 5.55. The number of anilines is 1. The normalized spacial score (nSPS) is 17.9. The average Bonchev–Trinajstić information content (AvgIpc) is 3.51. The minimum Gasteiger partial charge on any atom is -0.322 e. The molecule has 1 aliphatic rings. The van der Waals surface area contributed by atoms with E-state index in [1.54, 1.807) is 22.9 Å². The summed E-state index contributed by atoms with van der Waals surface area (Å²) in [6.07, 6.45) is -0.274. The molecular formula is C25H22FN5O2S. The molecular weight excluding hydrogens is 453 g/mol. The minimum atomic E-state index is -0.652. The van der Waals surface area contributed by atoms with Gasteiger partial charge in [-0.25, -0.2) is 9.07 Å². The second-order valence-electron chi connectivity index (χ2n) is 7.99. The Balaban J connectivity index is 1.42. The molecule has 1 fully saturated rings. The van der Waals surface area contributed by atoms with Crippen molar-refractivity contribution in [2.75, 3.05) is 5.32 Å². The Morgan fingerprint density at radius 1 is 1.12 bits per heavy atom. The monoisotopic (exact) mass is 475 g/mol. The van der Waals surface area contributed by atoms with E-state index in [1.165, 1.54) is 23.5 Å². The molecule has 2 aromatic heterocycles. The Morgan fingerprint density at radius 2 is 1.91 bits per heavy atom. The maximum atomic E-state index is 13.2. The average molecular weight is 476 g/mol. The van der Waals surface area contributed by atoms with E-state index in [4.69, 9.17) is 5.10 Å². The Hall–Kier alpha value is -3.82. The van der Waals surface area contributed by atoms with Crippen molar-refractivity contribution in [2.45, 2.75) is 25.2 Å². The van der Waals surface area contributed by atoms with Gasteiger partial charge in [0.15, 0.2) is 6.29 Å². The van der Waals surface area contributed by atoms with Crippen LogP contribution in [0.5, 0.6) is 0 Å². The SMILES string of the molecule is O=C(Cc1ccc(F)cc1)Nc1cc(-c2cccs2)nn1C1NC(=O)CC(c2ccccc2)N1. The molecule has 5 rings (SSSR count). The molecule has 3 N–H and O–H groups in total. The number of carbonyl (C=O) groups is 2. The number of thiophene rings is 1. The number of nitrogens with one attached hydrogen (secondary N) is 3. The van der Waals surface area contributed by atoms with E-state index in [2.05, 4.69) is 16.0 Å². The molecule has 0 aliphatic carbocycles. The summed E-state index contributed by atoms with van der Waals surface area (Å²) in [5.74, 6) is -0.293. The molecule has 9 heteroatoms. The molecule has 4 aromatic rings. The number of amides is 2. The quantitative estimate of drug-likeness (QED) is 0.389. The van der Waals surface area contributed by atoms with Crippen molar-refractivity contribution in [1.29, 1.82) is 0 Å². The number of nitrogens with zero attached hydrogens (tertiary/aromatic N) is 2. The highest BCUT2D eigenvalue weighted by Gasteiger charge is 2.30. The van der Waals surface area contributed by atoms with Crippen molar-refractivity contribution in [3.05, 3.63) is 95.1 Å². The second kappa shape index (κ2) is 9.58. The van der Waals surface area contributed by atoms with Gasteiger partial charge in [0.2, 0.25) is 11.8 Å². The van der Waals surface area contributed by atoms with Crippen molar-refractivity contribution >= 4 is 29.0 Å². The van der Waals surface area contributed by atoms with Gasteiger partial charge in [0.1, 0.15) is 17.3 Å². The van der Waals surface area contributed by atoms with E-state index in [0.29, 0.717) is 23.5 Å². The number of benzene rings is 2. The smallest absolute Gasteiger partial charge is 0.229 e. The van der Waals surface area contributed by atoms with Crippen molar-refractivity contribution in [3.63, 3.8) is 0 Å². The summed E-state index contributed by atoms with van der Waals surface area (Å²) in [7, 11) is 0. The Kier molecular flexibility index (Phi) is 6.20. The molecule has 0 bridgehead atoms. The van der Waals surface area contributed by atoms with Crippen molar-refractivity contribution in [2.24, 2.45) is 0 Å². The van der Waals surface area contributed by atoms with Crippen LogP contribution in [0.15, 0.2) is 78.2 Å². The first-order valence-electron chi connectivity index (χ1n) is 10.8. The highest BCUT2D eigenvalue weighted by molar-refractivity contribution is 7.13. The third-order valence-corrected chi connectivity index (χ3v) is 6.44. The lowest BCUT2D eigenvalue weighted by Gasteiger charge is -2.32. The van der Waals surface area contributed by atoms with Crippen molar-refractivity contribution in [3.8, 4) is 10.6 Å². The van der Waals surface area contributed by atoms with Crippen LogP contribution in [-0.4, -0.2) is 21.6 Å². The van der Waals surface area contributed by atoms with Gasteiger partial charge in [-0.15, -0.1) is 11.3 Å². The molecule has 1 aliphatic heterocycles. The molecule has 7 nitrogen and oxygen atoms in total. The van der Waals surface area contributed by atoms with Crippen LogP contribution in [0.3, 0.4) is 0 Å². The maximum absolute atomic E-state index is 13.2. The molecule has 2 aromatic carbocycles. The second-order valence-corrected chi connectivity index (χ2v) is 8.94. The first-order valence-corrected chi connectivity index (χ1v) is 11.7. The van der Waals surface area contributed by atoms with Crippen LogP contribution in [0.1, 0.15) is 29.9 Å². The van der Waals surface area contributed by atoms with Crippen molar-refractivity contribution < 1.29 is 14.0 Å². The molecule has 2 atom stereocenters. The summed E-state index contributed by atoms with van der Waals surface area (Å²) in [5, 5.41) is 15.9. The fraction of sp³-hybridized carbons (Fsp3) is 0.160. The lowest BCUT2D eigenvalue weighted by Crippen LogP contribution is -2.50. The summed E-state index contributed by atoms with van der Waals surface area (Å²) >= 11 is 1.53. The largest absolute Gasteiger partial charge is 0.322 e. The number of hydrogen-bond donors (Lipinski definition) is 3. The molecule has 3 heterocycles. The van der Waals surface area contributed by atoms with Gasteiger partial charge >= 0.3 is 0 Å². The minimum absolute atomic E-state index is 0.0802. The summed E-state index contributed by atoms with van der Waals surface area (Å²) < 4.78 is 14.8. The van der Waals surface area contributed by atoms with E-state index in [-0.39, 0.29) is 30.1 Å². The van der Waals surface area contributed by atoms with E-state index in [0.717, 1.165) is 10.4 Å². The Bertz CT molecular complexity index is 1290. The van der Waals surface area contributed by atoms with Gasteiger partial charge in [0.05, 0.1) is 11.3 Å². The zero-order valence-corrected chi connectivity index (χ0v) is 18.9. The van der Waals surface area contributed by atoms with Gasteiger partial charge in [0, 0.05) is 18.5 Å². The van der Waals surface area contributed by atoms with Gasteiger partial charge in [-0.05, 0) is 34.7 Å².